The van der Waals surface area contributed by atoms with Gasteiger partial charge in [-0.15, -0.1) is 0 Å². The maximum absolute atomic E-state index is 13.0. The number of carbonyl (C=O) groups is 2. The predicted octanol–water partition coefficient (Wildman–Crippen LogP) is 1.18. The highest BCUT2D eigenvalue weighted by molar-refractivity contribution is 7.89. The Morgan fingerprint density at radius 3 is 2.19 bits per heavy atom. The summed E-state index contributed by atoms with van der Waals surface area (Å²) in [4.78, 5) is 27.3. The zero-order valence-corrected chi connectivity index (χ0v) is 16.2. The lowest BCUT2D eigenvalue weighted by atomic mass is 10.2. The summed E-state index contributed by atoms with van der Waals surface area (Å²) in [5, 5.41) is 0. The van der Waals surface area contributed by atoms with Crippen molar-refractivity contribution in [3.63, 3.8) is 0 Å². The average Bonchev–Trinajstić information content (AvgIpc) is 2.66. The van der Waals surface area contributed by atoms with Crippen molar-refractivity contribution in [1.29, 1.82) is 0 Å². The van der Waals surface area contributed by atoms with Crippen LogP contribution in [0.3, 0.4) is 0 Å². The predicted molar refractivity (Wildman–Crippen MR) is 96.0 cm³/mol. The molecule has 150 valence electrons. The van der Waals surface area contributed by atoms with Crippen LogP contribution in [0.5, 0.6) is 0 Å². The van der Waals surface area contributed by atoms with Gasteiger partial charge in [-0.2, -0.15) is 4.72 Å². The van der Waals surface area contributed by atoms with Crippen LogP contribution in [0.1, 0.15) is 20.3 Å². The van der Waals surface area contributed by atoms with Crippen LogP contribution in [0.25, 0.3) is 0 Å². The van der Waals surface area contributed by atoms with E-state index in [1.165, 1.54) is 9.80 Å². The highest BCUT2D eigenvalue weighted by atomic mass is 32.2. The van der Waals surface area contributed by atoms with E-state index < -0.39 is 28.0 Å². The molecule has 0 saturated carbocycles. The first kappa shape index (κ1) is 21.1. The second kappa shape index (κ2) is 9.14. The SMILES string of the molecule is CCOC(=O)N1CCN(C(=O)C(CC)NS(=O)(=O)c2ccc(F)cc2)CC1. The summed E-state index contributed by atoms with van der Waals surface area (Å²) in [6.45, 7) is 4.94. The lowest BCUT2D eigenvalue weighted by Gasteiger charge is -2.35. The Balaban J connectivity index is 2.00. The summed E-state index contributed by atoms with van der Waals surface area (Å²) in [5.41, 5.74) is 0. The number of carbonyl (C=O) groups excluding carboxylic acids is 2. The van der Waals surface area contributed by atoms with E-state index in [4.69, 9.17) is 4.74 Å². The van der Waals surface area contributed by atoms with Gasteiger partial charge in [-0.3, -0.25) is 4.79 Å². The van der Waals surface area contributed by atoms with E-state index in [9.17, 15) is 22.4 Å². The van der Waals surface area contributed by atoms with Crippen LogP contribution >= 0.6 is 0 Å². The third-order valence-electron chi connectivity index (χ3n) is 4.25. The molecule has 2 rings (SSSR count). The molecule has 2 amide bonds. The lowest BCUT2D eigenvalue weighted by molar-refractivity contribution is -0.134. The summed E-state index contributed by atoms with van der Waals surface area (Å²) >= 11 is 0. The number of nitrogens with one attached hydrogen (secondary N) is 1. The molecule has 1 aliphatic rings. The fourth-order valence-corrected chi connectivity index (χ4v) is 3.99. The standard InChI is InChI=1S/C17H24FN3O5S/c1-3-15(19-27(24,25)14-7-5-13(18)6-8-14)16(22)20-9-11-21(12-10-20)17(23)26-4-2/h5-8,15,19H,3-4,9-12H2,1-2H3. The summed E-state index contributed by atoms with van der Waals surface area (Å²) in [6, 6.07) is 3.45. The molecule has 1 heterocycles. The van der Waals surface area contributed by atoms with E-state index in [0.717, 1.165) is 24.3 Å². The topological polar surface area (TPSA) is 96.0 Å². The van der Waals surface area contributed by atoms with Crippen molar-refractivity contribution in [2.24, 2.45) is 0 Å². The first-order valence-corrected chi connectivity index (χ1v) is 10.2. The normalized spacial score (nSPS) is 16.1. The van der Waals surface area contributed by atoms with E-state index in [-0.39, 0.29) is 23.8 Å². The Bertz CT molecular complexity index is 761. The molecule has 0 aromatic heterocycles. The summed E-state index contributed by atoms with van der Waals surface area (Å²) < 4.78 is 45.2. The molecule has 1 aromatic carbocycles. The van der Waals surface area contributed by atoms with Crippen molar-refractivity contribution in [2.45, 2.75) is 31.2 Å². The molecule has 27 heavy (non-hydrogen) atoms. The highest BCUT2D eigenvalue weighted by Gasteiger charge is 2.31. The molecule has 1 unspecified atom stereocenters. The van der Waals surface area contributed by atoms with Gasteiger partial charge in [0.25, 0.3) is 0 Å². The maximum atomic E-state index is 13.0. The second-order valence-corrected chi connectivity index (χ2v) is 7.76. The van der Waals surface area contributed by atoms with Gasteiger partial charge in [0.15, 0.2) is 0 Å². The lowest BCUT2D eigenvalue weighted by Crippen LogP contribution is -2.55. The number of amides is 2. The smallest absolute Gasteiger partial charge is 0.409 e. The highest BCUT2D eigenvalue weighted by Crippen LogP contribution is 2.13. The third kappa shape index (κ3) is 5.39. The van der Waals surface area contributed by atoms with E-state index in [1.54, 1.807) is 13.8 Å². The molecule has 1 fully saturated rings. The van der Waals surface area contributed by atoms with Crippen molar-refractivity contribution in [3.8, 4) is 0 Å². The van der Waals surface area contributed by atoms with Gasteiger partial charge in [0.1, 0.15) is 11.9 Å². The van der Waals surface area contributed by atoms with Crippen molar-refractivity contribution in [1.82, 2.24) is 14.5 Å². The van der Waals surface area contributed by atoms with Crippen molar-refractivity contribution >= 4 is 22.0 Å². The van der Waals surface area contributed by atoms with Gasteiger partial charge < -0.3 is 14.5 Å². The van der Waals surface area contributed by atoms with Crippen LogP contribution in [0, 0.1) is 5.82 Å². The molecule has 0 aliphatic carbocycles. The quantitative estimate of drug-likeness (QED) is 0.772. The molecule has 1 aliphatic heterocycles. The maximum Gasteiger partial charge on any atom is 0.409 e. The number of halogens is 1. The monoisotopic (exact) mass is 401 g/mol. The number of nitrogens with zero attached hydrogens (tertiary/aromatic N) is 2. The largest absolute Gasteiger partial charge is 0.450 e. The Kier molecular flexibility index (Phi) is 7.14. The van der Waals surface area contributed by atoms with E-state index in [1.807, 2.05) is 0 Å². The zero-order valence-electron chi connectivity index (χ0n) is 15.4. The Labute approximate surface area is 158 Å². The molecule has 1 aromatic rings. The molecule has 10 heteroatoms. The summed E-state index contributed by atoms with van der Waals surface area (Å²) in [6.07, 6.45) is -0.161. The van der Waals surface area contributed by atoms with Gasteiger partial charge in [0, 0.05) is 26.2 Å². The van der Waals surface area contributed by atoms with Crippen LogP contribution in [0.4, 0.5) is 9.18 Å². The minimum Gasteiger partial charge on any atom is -0.450 e. The molecule has 1 N–H and O–H groups in total. The molecule has 8 nitrogen and oxygen atoms in total. The van der Waals surface area contributed by atoms with Gasteiger partial charge in [-0.1, -0.05) is 6.92 Å². The number of hydrogen-bond donors (Lipinski definition) is 1. The minimum absolute atomic E-state index is 0.109. The Hall–Kier alpha value is -2.20. The Morgan fingerprint density at radius 2 is 1.67 bits per heavy atom. The van der Waals surface area contributed by atoms with Crippen molar-refractivity contribution in [3.05, 3.63) is 30.1 Å². The van der Waals surface area contributed by atoms with Gasteiger partial charge in [-0.25, -0.2) is 17.6 Å². The fourth-order valence-electron chi connectivity index (χ4n) is 2.72. The van der Waals surface area contributed by atoms with Crippen LogP contribution in [0.15, 0.2) is 29.2 Å². The van der Waals surface area contributed by atoms with Crippen LogP contribution in [0.2, 0.25) is 0 Å². The van der Waals surface area contributed by atoms with E-state index in [0.29, 0.717) is 26.2 Å². The molecular weight excluding hydrogens is 377 g/mol. The molecule has 1 atom stereocenters. The number of ether oxygens (including phenoxy) is 1. The minimum atomic E-state index is -3.95. The third-order valence-corrected chi connectivity index (χ3v) is 5.73. The summed E-state index contributed by atoms with van der Waals surface area (Å²) in [5.74, 6) is -0.900. The number of piperazine rings is 1. The molecule has 0 radical (unpaired) electrons. The first-order valence-electron chi connectivity index (χ1n) is 8.76. The fraction of sp³-hybridized carbons (Fsp3) is 0.529. The van der Waals surface area contributed by atoms with Gasteiger partial charge >= 0.3 is 6.09 Å². The zero-order chi connectivity index (χ0) is 20.0. The van der Waals surface area contributed by atoms with E-state index >= 15 is 0 Å². The van der Waals surface area contributed by atoms with Crippen LogP contribution in [-0.4, -0.2) is 69.0 Å². The van der Waals surface area contributed by atoms with Crippen LogP contribution in [-0.2, 0) is 19.6 Å². The molecular formula is C17H24FN3O5S. The second-order valence-electron chi connectivity index (χ2n) is 6.05. The van der Waals surface area contributed by atoms with E-state index in [2.05, 4.69) is 4.72 Å². The van der Waals surface area contributed by atoms with Gasteiger partial charge in [-0.05, 0) is 37.6 Å². The average molecular weight is 401 g/mol. The molecule has 1 saturated heterocycles. The number of sulfonamides is 1. The van der Waals surface area contributed by atoms with Gasteiger partial charge in [0.2, 0.25) is 15.9 Å². The number of benzene rings is 1. The van der Waals surface area contributed by atoms with Crippen molar-refractivity contribution < 1.29 is 27.1 Å². The first-order chi connectivity index (χ1) is 12.8. The molecule has 0 spiro atoms. The van der Waals surface area contributed by atoms with Crippen molar-refractivity contribution in [2.75, 3.05) is 32.8 Å². The molecule has 0 bridgehead atoms. The van der Waals surface area contributed by atoms with Gasteiger partial charge in [0.05, 0.1) is 11.5 Å². The van der Waals surface area contributed by atoms with Crippen LogP contribution < -0.4 is 4.72 Å². The number of rotatable bonds is 6. The number of hydrogen-bond acceptors (Lipinski definition) is 5. The Morgan fingerprint density at radius 1 is 1.11 bits per heavy atom. The summed E-state index contributed by atoms with van der Waals surface area (Å²) in [7, 11) is -3.95.